The molecule has 116 valence electrons. The second kappa shape index (κ2) is 4.79. The molecule has 7 heteroatoms. The highest BCUT2D eigenvalue weighted by Crippen LogP contribution is 2.39. The van der Waals surface area contributed by atoms with Crippen molar-refractivity contribution >= 4 is 17.1 Å². The Hall–Kier alpha value is -2.44. The van der Waals surface area contributed by atoms with Gasteiger partial charge in [-0.1, -0.05) is 0 Å². The molecule has 1 N–H and O–H groups in total. The van der Waals surface area contributed by atoms with Crippen LogP contribution in [0.5, 0.6) is 5.75 Å². The monoisotopic (exact) mass is 309 g/mol. The second-order valence-corrected chi connectivity index (χ2v) is 5.43. The Labute approximate surface area is 123 Å². The molecule has 5 nitrogen and oxygen atoms in total. The molecule has 0 amide bonds. The number of fused-ring (bicyclic) bond motifs is 1. The number of nitrogens with zero attached hydrogens (tertiary/aromatic N) is 1. The van der Waals surface area contributed by atoms with Crippen molar-refractivity contribution < 1.29 is 23.4 Å². The average molecular weight is 309 g/mol. The molecule has 0 atom stereocenters. The molecule has 1 saturated carbocycles. The Kier molecular flexibility index (Phi) is 3.16. The van der Waals surface area contributed by atoms with Crippen LogP contribution in [0, 0.1) is 25.5 Å². The van der Waals surface area contributed by atoms with Crippen molar-refractivity contribution in [2.45, 2.75) is 32.7 Å². The number of halogens is 2. The maximum Gasteiger partial charge on any atom is 0.511 e. The zero-order chi connectivity index (χ0) is 16.2. The molecule has 1 aromatic carbocycles. The van der Waals surface area contributed by atoms with Crippen molar-refractivity contribution in [3.63, 3.8) is 0 Å². The molecule has 3 rings (SSSR count). The van der Waals surface area contributed by atoms with Gasteiger partial charge in [0.15, 0.2) is 17.4 Å². The summed E-state index contributed by atoms with van der Waals surface area (Å²) in [6.07, 6.45) is 1.28. The number of hydrogen-bond acceptors (Lipinski definition) is 3. The first-order valence-electron chi connectivity index (χ1n) is 6.76. The SMILES string of the molecule is Cc1c(F)c(F)c(C)c2c1c(=O)c(OC(=O)O)cn2C1CC1. The number of hydrogen-bond donors (Lipinski definition) is 1. The number of benzene rings is 1. The van der Waals surface area contributed by atoms with E-state index in [1.165, 1.54) is 20.0 Å². The number of aryl methyl sites for hydroxylation is 2. The summed E-state index contributed by atoms with van der Waals surface area (Å²) in [5.74, 6) is -2.50. The first-order valence-corrected chi connectivity index (χ1v) is 6.76. The zero-order valence-electron chi connectivity index (χ0n) is 11.9. The minimum atomic E-state index is -1.63. The molecule has 2 aromatic rings. The van der Waals surface area contributed by atoms with E-state index >= 15 is 0 Å². The molecule has 0 radical (unpaired) electrons. The number of aromatic nitrogens is 1. The van der Waals surface area contributed by atoms with Crippen molar-refractivity contribution in [2.24, 2.45) is 0 Å². The van der Waals surface area contributed by atoms with Crippen molar-refractivity contribution in [1.29, 1.82) is 0 Å². The van der Waals surface area contributed by atoms with E-state index in [1.54, 1.807) is 4.57 Å². The molecule has 0 bridgehead atoms. The maximum absolute atomic E-state index is 14.0. The van der Waals surface area contributed by atoms with Crippen molar-refractivity contribution in [2.75, 3.05) is 0 Å². The third kappa shape index (κ3) is 2.04. The van der Waals surface area contributed by atoms with Crippen LogP contribution in [0.2, 0.25) is 0 Å². The van der Waals surface area contributed by atoms with E-state index in [0.717, 1.165) is 12.8 Å². The van der Waals surface area contributed by atoms with Crippen LogP contribution in [-0.4, -0.2) is 15.8 Å². The van der Waals surface area contributed by atoms with Gasteiger partial charge in [-0.05, 0) is 26.7 Å². The van der Waals surface area contributed by atoms with Crippen LogP contribution in [-0.2, 0) is 0 Å². The van der Waals surface area contributed by atoms with Crippen LogP contribution < -0.4 is 10.2 Å². The van der Waals surface area contributed by atoms with Crippen LogP contribution >= 0.6 is 0 Å². The number of pyridine rings is 1. The lowest BCUT2D eigenvalue weighted by Crippen LogP contribution is -2.18. The zero-order valence-corrected chi connectivity index (χ0v) is 11.9. The molecule has 0 spiro atoms. The number of ether oxygens (including phenoxy) is 1. The van der Waals surface area contributed by atoms with Gasteiger partial charge in [-0.25, -0.2) is 13.6 Å². The number of carbonyl (C=O) groups is 1. The molecule has 1 fully saturated rings. The van der Waals surface area contributed by atoms with E-state index in [2.05, 4.69) is 4.74 Å². The lowest BCUT2D eigenvalue weighted by molar-refractivity contribution is 0.143. The molecule has 1 aliphatic carbocycles. The summed E-state index contributed by atoms with van der Waals surface area (Å²) in [5.41, 5.74) is -0.576. The molecular formula is C15H13F2NO4. The van der Waals surface area contributed by atoms with Crippen LogP contribution in [0.15, 0.2) is 11.0 Å². The van der Waals surface area contributed by atoms with Gasteiger partial charge in [-0.2, -0.15) is 0 Å². The Bertz CT molecular complexity index is 868. The molecule has 1 aliphatic rings. The van der Waals surface area contributed by atoms with E-state index in [4.69, 9.17) is 5.11 Å². The topological polar surface area (TPSA) is 68.5 Å². The minimum Gasteiger partial charge on any atom is -0.449 e. The molecule has 0 aliphatic heterocycles. The van der Waals surface area contributed by atoms with E-state index in [9.17, 15) is 18.4 Å². The van der Waals surface area contributed by atoms with Gasteiger partial charge < -0.3 is 14.4 Å². The van der Waals surface area contributed by atoms with Crippen LogP contribution in [0.4, 0.5) is 13.6 Å². The van der Waals surface area contributed by atoms with E-state index in [0.29, 0.717) is 5.52 Å². The van der Waals surface area contributed by atoms with Crippen molar-refractivity contribution in [3.8, 4) is 5.75 Å². The van der Waals surface area contributed by atoms with Crippen molar-refractivity contribution in [1.82, 2.24) is 4.57 Å². The largest absolute Gasteiger partial charge is 0.511 e. The highest BCUT2D eigenvalue weighted by atomic mass is 19.2. The van der Waals surface area contributed by atoms with Gasteiger partial charge in [0.2, 0.25) is 5.43 Å². The standard InChI is InChI=1S/C15H13F2NO4/c1-6-10-13(7(2)12(17)11(6)16)18(8-3-4-8)5-9(14(10)19)22-15(20)21/h5,8H,3-4H2,1-2H3,(H,20,21). The fourth-order valence-corrected chi connectivity index (χ4v) is 2.69. The summed E-state index contributed by atoms with van der Waals surface area (Å²) in [6, 6.07) is 0.0298. The molecule has 22 heavy (non-hydrogen) atoms. The highest BCUT2D eigenvalue weighted by molar-refractivity contribution is 5.87. The van der Waals surface area contributed by atoms with Crippen LogP contribution in [0.3, 0.4) is 0 Å². The highest BCUT2D eigenvalue weighted by Gasteiger charge is 2.29. The molecule has 0 saturated heterocycles. The lowest BCUT2D eigenvalue weighted by atomic mass is 10.0. The van der Waals surface area contributed by atoms with Crippen LogP contribution in [0.1, 0.15) is 30.0 Å². The van der Waals surface area contributed by atoms with Gasteiger partial charge in [0.25, 0.3) is 0 Å². The Morgan fingerprint density at radius 3 is 2.41 bits per heavy atom. The average Bonchev–Trinajstić information content (AvgIpc) is 3.28. The Balaban J connectivity index is 2.48. The summed E-state index contributed by atoms with van der Waals surface area (Å²) in [5, 5.41) is 8.69. The van der Waals surface area contributed by atoms with Crippen molar-refractivity contribution in [3.05, 3.63) is 39.2 Å². The van der Waals surface area contributed by atoms with Crippen LogP contribution in [0.25, 0.3) is 10.9 Å². The predicted octanol–water partition coefficient (Wildman–Crippen LogP) is 3.29. The molecular weight excluding hydrogens is 296 g/mol. The van der Waals surface area contributed by atoms with Gasteiger partial charge in [0.1, 0.15) is 0 Å². The normalized spacial score (nSPS) is 14.4. The minimum absolute atomic E-state index is 0.0298. The van der Waals surface area contributed by atoms with Gasteiger partial charge in [0.05, 0.1) is 17.1 Å². The predicted molar refractivity (Wildman–Crippen MR) is 74.5 cm³/mol. The second-order valence-electron chi connectivity index (χ2n) is 5.43. The summed E-state index contributed by atoms with van der Waals surface area (Å²) >= 11 is 0. The van der Waals surface area contributed by atoms with E-state index < -0.39 is 29.0 Å². The quantitative estimate of drug-likeness (QED) is 0.864. The Morgan fingerprint density at radius 1 is 1.27 bits per heavy atom. The Morgan fingerprint density at radius 2 is 1.86 bits per heavy atom. The number of carboxylic acid groups (broad SMARTS) is 1. The molecule has 1 aromatic heterocycles. The fourth-order valence-electron chi connectivity index (χ4n) is 2.69. The summed E-state index contributed by atoms with van der Waals surface area (Å²) in [6.45, 7) is 2.69. The van der Waals surface area contributed by atoms with E-state index in [1.807, 2.05) is 0 Å². The van der Waals surface area contributed by atoms with E-state index in [-0.39, 0.29) is 22.6 Å². The molecule has 1 heterocycles. The van der Waals surface area contributed by atoms with Gasteiger partial charge in [-0.3, -0.25) is 4.79 Å². The van der Waals surface area contributed by atoms with Gasteiger partial charge in [-0.15, -0.1) is 0 Å². The first-order chi connectivity index (χ1) is 10.3. The maximum atomic E-state index is 14.0. The third-order valence-corrected chi connectivity index (χ3v) is 3.92. The smallest absolute Gasteiger partial charge is 0.449 e. The van der Waals surface area contributed by atoms with Gasteiger partial charge >= 0.3 is 6.16 Å². The fraction of sp³-hybridized carbons (Fsp3) is 0.333. The lowest BCUT2D eigenvalue weighted by Gasteiger charge is -2.16. The summed E-state index contributed by atoms with van der Waals surface area (Å²) in [7, 11) is 0. The first kappa shape index (κ1) is 14.5. The molecule has 0 unspecified atom stereocenters. The summed E-state index contributed by atoms with van der Waals surface area (Å²) in [4.78, 5) is 23.1. The number of rotatable bonds is 2. The summed E-state index contributed by atoms with van der Waals surface area (Å²) < 4.78 is 34.1. The van der Waals surface area contributed by atoms with Gasteiger partial charge in [0, 0.05) is 17.2 Å². The third-order valence-electron chi connectivity index (χ3n) is 3.92.